The van der Waals surface area contributed by atoms with Crippen LogP contribution in [0.25, 0.3) is 6.08 Å². The molecule has 0 bridgehead atoms. The van der Waals surface area contributed by atoms with Crippen LogP contribution in [0.3, 0.4) is 0 Å². The van der Waals surface area contributed by atoms with Crippen LogP contribution in [0.2, 0.25) is 0 Å². The van der Waals surface area contributed by atoms with Gasteiger partial charge in [0.05, 0.1) is 11.0 Å². The molecule has 2 aliphatic rings. The molecule has 0 amide bonds. The Labute approximate surface area is 300 Å². The summed E-state index contributed by atoms with van der Waals surface area (Å²) in [5.74, 6) is 0.713. The summed E-state index contributed by atoms with van der Waals surface area (Å²) in [6, 6.07) is 33.3. The van der Waals surface area contributed by atoms with Gasteiger partial charge in [0.1, 0.15) is 5.75 Å². The third-order valence-electron chi connectivity index (χ3n) is 9.40. The van der Waals surface area contributed by atoms with E-state index in [9.17, 15) is 18.9 Å². The van der Waals surface area contributed by atoms with Crippen molar-refractivity contribution in [3.05, 3.63) is 131 Å². The monoisotopic (exact) mass is 818 g/mol. The SMILES string of the molecule is CCC(C)c1ccc(OC(=O)c2ccc(C[N+]3=C(/C=C/c4ccc(N5CCCC5)cc4)C(C)(C)c4ccccc43)cc2)cc1.[F-].[F][Sb]([F])([F])([F])[F]. The molecule has 1 fully saturated rings. The molecule has 6 rings (SSSR count). The van der Waals surface area contributed by atoms with Crippen molar-refractivity contribution in [1.82, 2.24) is 0 Å². The van der Waals surface area contributed by atoms with Crippen LogP contribution in [-0.4, -0.2) is 49.6 Å². The van der Waals surface area contributed by atoms with Crippen LogP contribution in [-0.2, 0) is 12.0 Å². The van der Waals surface area contributed by atoms with Gasteiger partial charge in [0, 0.05) is 42.0 Å². The van der Waals surface area contributed by atoms with Crippen molar-refractivity contribution < 1.29 is 32.9 Å². The van der Waals surface area contributed by atoms with Gasteiger partial charge in [-0.2, -0.15) is 4.58 Å². The van der Waals surface area contributed by atoms with Crippen LogP contribution >= 0.6 is 0 Å². The van der Waals surface area contributed by atoms with Crippen LogP contribution in [0.15, 0.2) is 103 Å². The topological polar surface area (TPSA) is 32.6 Å². The van der Waals surface area contributed by atoms with E-state index in [0.717, 1.165) is 25.1 Å². The number of nitrogens with zero attached hydrogens (tertiary/aromatic N) is 2. The molecule has 4 aromatic rings. The fourth-order valence-corrected chi connectivity index (χ4v) is 6.45. The van der Waals surface area contributed by atoms with Crippen molar-refractivity contribution in [2.45, 2.75) is 64.8 Å². The summed E-state index contributed by atoms with van der Waals surface area (Å²) in [6.45, 7) is 12.0. The Kier molecular flexibility index (Phi) is 12.5. The molecule has 4 nitrogen and oxygen atoms in total. The minimum absolute atomic E-state index is 0. The van der Waals surface area contributed by atoms with Gasteiger partial charge in [-0.1, -0.05) is 68.4 Å². The normalized spacial score (nSPS) is 16.4. The van der Waals surface area contributed by atoms with Crippen molar-refractivity contribution >= 4 is 49.4 Å². The zero-order chi connectivity index (χ0) is 36.1. The molecule has 0 radical (unpaired) electrons. The third kappa shape index (κ3) is 10.7. The van der Waals surface area contributed by atoms with E-state index in [1.807, 2.05) is 48.5 Å². The van der Waals surface area contributed by atoms with Crippen molar-refractivity contribution in [1.29, 1.82) is 0 Å². The average Bonchev–Trinajstić information content (AvgIpc) is 3.69. The van der Waals surface area contributed by atoms with Crippen LogP contribution in [0, 0.1) is 0 Å². The van der Waals surface area contributed by atoms with E-state index >= 15 is 0 Å². The standard InChI is InChI=1S/C40H43N2O2.6FH.Sb/c1-5-29(2)32-19-23-35(24-20-32)44-39(43)33-17-12-31(13-18-33)28-42-37-11-7-6-10-36(37)40(3,4)38(42)25-16-30-14-21-34(22-15-30)41-26-8-9-27-41;;;;;;;/h6-7,10-25,29H,5,8-9,26-28H2,1-4H3;6*1H;/q+1;;;;;;;+5/p-6. The van der Waals surface area contributed by atoms with Crippen molar-refractivity contribution in [3.63, 3.8) is 0 Å². The Morgan fingerprint density at radius 2 is 1.45 bits per heavy atom. The fraction of sp³-hybridized carbons (Fsp3) is 0.300. The molecule has 2 aliphatic heterocycles. The molecule has 1 saturated heterocycles. The first-order valence-corrected chi connectivity index (χ1v) is 21.7. The second kappa shape index (κ2) is 16.1. The fourth-order valence-electron chi connectivity index (χ4n) is 6.45. The minimum atomic E-state index is -9.19. The Morgan fingerprint density at radius 1 is 0.863 bits per heavy atom. The number of esters is 1. The van der Waals surface area contributed by atoms with E-state index in [0.29, 0.717) is 23.8 Å². The van der Waals surface area contributed by atoms with Gasteiger partial charge in [-0.05, 0) is 92.6 Å². The van der Waals surface area contributed by atoms with E-state index in [1.54, 1.807) is 0 Å². The molecule has 51 heavy (non-hydrogen) atoms. The zero-order valence-electron chi connectivity index (χ0n) is 29.1. The second-order valence-electron chi connectivity index (χ2n) is 13.3. The number of benzene rings is 4. The van der Waals surface area contributed by atoms with E-state index in [4.69, 9.17) is 4.74 Å². The van der Waals surface area contributed by atoms with Gasteiger partial charge < -0.3 is 14.3 Å². The molecule has 0 spiro atoms. The van der Waals surface area contributed by atoms with Crippen molar-refractivity contribution in [2.24, 2.45) is 0 Å². The Balaban J connectivity index is 0.000000768. The van der Waals surface area contributed by atoms with Gasteiger partial charge in [-0.15, -0.1) is 0 Å². The summed E-state index contributed by atoms with van der Waals surface area (Å²) in [7, 11) is 0. The molecule has 4 aromatic carbocycles. The Morgan fingerprint density at radius 3 is 2.04 bits per heavy atom. The zero-order valence-corrected chi connectivity index (χ0v) is 31.7. The van der Waals surface area contributed by atoms with Gasteiger partial charge in [-0.3, -0.25) is 0 Å². The van der Waals surface area contributed by atoms with Crippen molar-refractivity contribution in [3.8, 4) is 5.75 Å². The number of ether oxygens (including phenoxy) is 1. The summed E-state index contributed by atoms with van der Waals surface area (Å²) in [6.07, 6.45) is 8.16. The van der Waals surface area contributed by atoms with Gasteiger partial charge in [0.2, 0.25) is 5.69 Å². The Bertz CT molecular complexity index is 1840. The quantitative estimate of drug-likeness (QED) is 0.0564. The van der Waals surface area contributed by atoms with E-state index in [-0.39, 0.29) is 16.1 Å². The number of anilines is 1. The van der Waals surface area contributed by atoms with E-state index in [2.05, 4.69) is 97.9 Å². The first-order chi connectivity index (χ1) is 23.6. The molecule has 0 aliphatic carbocycles. The first kappa shape index (κ1) is 39.7. The summed E-state index contributed by atoms with van der Waals surface area (Å²) < 4.78 is 57.6. The van der Waals surface area contributed by atoms with Gasteiger partial charge >= 0.3 is 40.3 Å². The predicted molar refractivity (Wildman–Crippen MR) is 193 cm³/mol. The number of allylic oxidation sites excluding steroid dienone is 1. The van der Waals surface area contributed by atoms with Gasteiger partial charge in [-0.25, -0.2) is 4.79 Å². The number of halogens is 6. The van der Waals surface area contributed by atoms with Crippen LogP contribution in [0.5, 0.6) is 5.75 Å². The molecule has 1 atom stereocenters. The van der Waals surface area contributed by atoms with Gasteiger partial charge in [0.15, 0.2) is 12.3 Å². The number of hydrogen-bond acceptors (Lipinski definition) is 3. The number of fused-ring (bicyclic) bond motifs is 1. The maximum atomic E-state index is 12.9. The molecule has 0 aromatic heterocycles. The summed E-state index contributed by atoms with van der Waals surface area (Å²) >= 11 is -9.19. The average molecular weight is 820 g/mol. The maximum absolute atomic E-state index is 12.9. The number of hydrogen-bond donors (Lipinski definition) is 0. The number of para-hydroxylation sites is 1. The summed E-state index contributed by atoms with van der Waals surface area (Å²) in [5.41, 5.74) is 9.11. The van der Waals surface area contributed by atoms with E-state index in [1.165, 1.54) is 46.6 Å². The summed E-state index contributed by atoms with van der Waals surface area (Å²) in [4.78, 5) is 15.4. The van der Waals surface area contributed by atoms with E-state index < -0.39 is 20.3 Å². The molecular formula is C40H43F6N2O2Sb. The van der Waals surface area contributed by atoms with Crippen LogP contribution < -0.4 is 14.3 Å². The predicted octanol–water partition coefficient (Wildman–Crippen LogP) is 8.03. The molecule has 2 heterocycles. The first-order valence-electron chi connectivity index (χ1n) is 16.9. The Hall–Kier alpha value is -4.04. The number of carbonyl (C=O) groups excluding carboxylic acids is 1. The number of rotatable bonds is 9. The number of carbonyl (C=O) groups is 1. The molecule has 0 N–H and O–H groups in total. The molecule has 1 unspecified atom stereocenters. The third-order valence-corrected chi connectivity index (χ3v) is 9.40. The molecule has 272 valence electrons. The molecular weight excluding hydrogens is 776 g/mol. The van der Waals surface area contributed by atoms with Gasteiger partial charge in [0.25, 0.3) is 0 Å². The molecule has 0 saturated carbocycles. The van der Waals surface area contributed by atoms with Crippen LogP contribution in [0.4, 0.5) is 25.4 Å². The second-order valence-corrected chi connectivity index (χ2v) is 17.0. The summed E-state index contributed by atoms with van der Waals surface area (Å²) in [5, 5.41) is 0. The molecule has 11 heteroatoms. The van der Waals surface area contributed by atoms with Crippen molar-refractivity contribution in [2.75, 3.05) is 18.0 Å². The van der Waals surface area contributed by atoms with Crippen LogP contribution in [0.1, 0.15) is 85.5 Å².